The van der Waals surface area contributed by atoms with Crippen LogP contribution < -0.4 is 0 Å². The van der Waals surface area contributed by atoms with Crippen molar-refractivity contribution in [3.8, 4) is 24.1 Å². The Morgan fingerprint density at radius 3 is 1.27 bits per heavy atom. The molecule has 1 atom stereocenters. The van der Waals surface area contributed by atoms with Gasteiger partial charge in [0, 0.05) is 12.8 Å². The van der Waals surface area contributed by atoms with Crippen molar-refractivity contribution in [2.75, 3.05) is 13.2 Å². The molecule has 3 nitrogen and oxygen atoms in total. The molecule has 0 radical (unpaired) electrons. The van der Waals surface area contributed by atoms with Gasteiger partial charge in [0.1, 0.15) is 18.8 Å². The molecule has 0 saturated heterocycles. The summed E-state index contributed by atoms with van der Waals surface area (Å²) in [6, 6.07) is 10.2. The van der Waals surface area contributed by atoms with Crippen LogP contribution in [0.5, 0.6) is 0 Å². The Morgan fingerprint density at radius 1 is 0.449 bits per heavy atom. The Kier molecular flexibility index (Phi) is 35.5. The Labute approximate surface area is 305 Å². The molecular formula is C46H78O3. The highest BCUT2D eigenvalue weighted by atomic mass is 16.6. The molecule has 0 bridgehead atoms. The van der Waals surface area contributed by atoms with Gasteiger partial charge in [-0.15, -0.1) is 0 Å². The molecule has 0 spiro atoms. The Balaban J connectivity index is 2.10. The highest BCUT2D eigenvalue weighted by molar-refractivity contribution is 5.13. The number of unbranched alkanes of at least 4 members (excludes halogenated alkanes) is 28. The van der Waals surface area contributed by atoms with Crippen LogP contribution in [-0.2, 0) is 20.8 Å². The zero-order valence-corrected chi connectivity index (χ0v) is 32.5. The van der Waals surface area contributed by atoms with Gasteiger partial charge >= 0.3 is 0 Å². The minimum atomic E-state index is -0.247. The lowest BCUT2D eigenvalue weighted by Gasteiger charge is -2.14. The molecule has 0 saturated carbocycles. The van der Waals surface area contributed by atoms with E-state index in [1.807, 2.05) is 18.2 Å². The lowest BCUT2D eigenvalue weighted by Crippen LogP contribution is -2.23. The molecule has 0 aliphatic carbocycles. The quantitative estimate of drug-likeness (QED) is 0.0528. The van der Waals surface area contributed by atoms with Gasteiger partial charge in [-0.05, 0) is 18.4 Å². The maximum atomic E-state index is 5.93. The second-order valence-electron chi connectivity index (χ2n) is 14.3. The molecular weight excluding hydrogens is 601 g/mol. The molecule has 1 rings (SSSR count). The molecule has 0 heterocycles. The van der Waals surface area contributed by atoms with Crippen LogP contribution in [0.25, 0.3) is 0 Å². The smallest absolute Gasteiger partial charge is 0.168 e. The summed E-state index contributed by atoms with van der Waals surface area (Å²) in [6.07, 6.45) is 45.8. The normalized spacial score (nSPS) is 11.4. The summed E-state index contributed by atoms with van der Waals surface area (Å²) in [5.41, 5.74) is 1.15. The van der Waals surface area contributed by atoms with Gasteiger partial charge in [-0.1, -0.05) is 223 Å². The predicted molar refractivity (Wildman–Crippen MR) is 212 cm³/mol. The second kappa shape index (κ2) is 38.7. The van der Waals surface area contributed by atoms with Crippen molar-refractivity contribution in [2.24, 2.45) is 0 Å². The van der Waals surface area contributed by atoms with Crippen LogP contribution in [0.15, 0.2) is 30.3 Å². The number of ether oxygens (including phenoxy) is 3. The lowest BCUT2D eigenvalue weighted by atomic mass is 10.0. The fourth-order valence-electron chi connectivity index (χ4n) is 6.23. The fourth-order valence-corrected chi connectivity index (χ4v) is 6.23. The topological polar surface area (TPSA) is 27.7 Å². The highest BCUT2D eigenvalue weighted by Crippen LogP contribution is 2.15. The van der Waals surface area contributed by atoms with Gasteiger partial charge in [-0.3, -0.25) is 0 Å². The zero-order chi connectivity index (χ0) is 35.0. The van der Waals surface area contributed by atoms with E-state index in [-0.39, 0.29) is 6.10 Å². The molecule has 0 fully saturated rings. The molecule has 280 valence electrons. The van der Waals surface area contributed by atoms with Crippen molar-refractivity contribution in [2.45, 2.75) is 219 Å². The van der Waals surface area contributed by atoms with Crippen LogP contribution >= 0.6 is 0 Å². The van der Waals surface area contributed by atoms with Crippen LogP contribution in [0.3, 0.4) is 0 Å². The van der Waals surface area contributed by atoms with E-state index >= 15 is 0 Å². The van der Waals surface area contributed by atoms with Crippen LogP contribution in [0.1, 0.15) is 212 Å². The first-order valence-electron chi connectivity index (χ1n) is 21.2. The van der Waals surface area contributed by atoms with Gasteiger partial charge in [-0.2, -0.15) is 0 Å². The minimum absolute atomic E-state index is 0.247. The number of benzene rings is 1. The van der Waals surface area contributed by atoms with Crippen LogP contribution in [-0.4, -0.2) is 19.3 Å². The van der Waals surface area contributed by atoms with Crippen LogP contribution in [0, 0.1) is 24.1 Å². The molecule has 0 aromatic heterocycles. The average Bonchev–Trinajstić information content (AvgIpc) is 3.12. The largest absolute Gasteiger partial charge is 0.443 e. The predicted octanol–water partition coefficient (Wildman–Crippen LogP) is 14.3. The zero-order valence-electron chi connectivity index (χ0n) is 32.5. The van der Waals surface area contributed by atoms with E-state index in [9.17, 15) is 0 Å². The van der Waals surface area contributed by atoms with E-state index in [2.05, 4.69) is 50.0 Å². The van der Waals surface area contributed by atoms with E-state index in [1.54, 1.807) is 0 Å². The molecule has 1 aromatic carbocycles. The first-order valence-corrected chi connectivity index (χ1v) is 21.2. The second-order valence-corrected chi connectivity index (χ2v) is 14.3. The van der Waals surface area contributed by atoms with Gasteiger partial charge in [0.15, 0.2) is 6.10 Å². The average molecular weight is 679 g/mol. The van der Waals surface area contributed by atoms with Crippen LogP contribution in [0.4, 0.5) is 0 Å². The maximum Gasteiger partial charge on any atom is 0.168 e. The summed E-state index contributed by atoms with van der Waals surface area (Å²) in [6.45, 7) is 5.94. The van der Waals surface area contributed by atoms with Crippen molar-refractivity contribution in [1.29, 1.82) is 0 Å². The summed E-state index contributed by atoms with van der Waals surface area (Å²) in [5.74, 6) is 6.40. The van der Waals surface area contributed by atoms with E-state index in [0.717, 1.165) is 31.2 Å². The molecule has 0 aliphatic heterocycles. The Hall–Kier alpha value is -2.10. The van der Waals surface area contributed by atoms with Gasteiger partial charge in [-0.25, -0.2) is 0 Å². The van der Waals surface area contributed by atoms with Gasteiger partial charge in [0.05, 0.1) is 13.2 Å². The van der Waals surface area contributed by atoms with Crippen molar-refractivity contribution >= 4 is 0 Å². The van der Waals surface area contributed by atoms with E-state index in [1.165, 1.54) is 167 Å². The van der Waals surface area contributed by atoms with Crippen molar-refractivity contribution in [1.82, 2.24) is 0 Å². The summed E-state index contributed by atoms with van der Waals surface area (Å²) in [4.78, 5) is 0. The molecule has 0 aliphatic rings. The maximum absolute atomic E-state index is 5.93. The van der Waals surface area contributed by atoms with Gasteiger partial charge < -0.3 is 14.2 Å². The van der Waals surface area contributed by atoms with Crippen molar-refractivity contribution < 1.29 is 14.2 Å². The molecule has 0 amide bonds. The molecule has 1 unspecified atom stereocenters. The highest BCUT2D eigenvalue weighted by Gasteiger charge is 2.10. The molecule has 49 heavy (non-hydrogen) atoms. The molecule has 1 aromatic rings. The number of rotatable bonds is 35. The van der Waals surface area contributed by atoms with Crippen LogP contribution in [0.2, 0.25) is 0 Å². The third kappa shape index (κ3) is 34.1. The Bertz CT molecular complexity index is 905. The first-order chi connectivity index (χ1) is 24.4. The van der Waals surface area contributed by atoms with E-state index < -0.39 is 0 Å². The fraction of sp³-hybridized carbons (Fsp3) is 0.783. The summed E-state index contributed by atoms with van der Waals surface area (Å²) in [7, 11) is 0. The summed E-state index contributed by atoms with van der Waals surface area (Å²) < 4.78 is 17.5. The standard InChI is InChI=1S/C46H78O3/c1-3-5-7-9-11-13-15-17-19-21-23-25-27-29-31-36-40-47-43-46(44-48-42-45-38-34-33-35-39-45)49-41-37-32-30-28-26-24-22-20-18-16-14-12-10-8-6-4-2/h33-35,38-39,46H,3-32,42-44H2,1-2H3. The lowest BCUT2D eigenvalue weighted by molar-refractivity contribution is -0.000651. The van der Waals surface area contributed by atoms with Crippen molar-refractivity contribution in [3.05, 3.63) is 35.9 Å². The van der Waals surface area contributed by atoms with E-state index in [4.69, 9.17) is 14.2 Å². The number of hydrogen-bond donors (Lipinski definition) is 0. The number of hydrogen-bond acceptors (Lipinski definition) is 3. The van der Waals surface area contributed by atoms with Gasteiger partial charge in [0.2, 0.25) is 0 Å². The summed E-state index contributed by atoms with van der Waals surface area (Å²) in [5, 5.41) is 0. The van der Waals surface area contributed by atoms with Gasteiger partial charge in [0.25, 0.3) is 0 Å². The molecule has 3 heteroatoms. The monoisotopic (exact) mass is 679 g/mol. The third-order valence-corrected chi connectivity index (χ3v) is 9.44. The Morgan fingerprint density at radius 2 is 0.837 bits per heavy atom. The summed E-state index contributed by atoms with van der Waals surface area (Å²) >= 11 is 0. The third-order valence-electron chi connectivity index (χ3n) is 9.44. The minimum Gasteiger partial charge on any atom is -0.443 e. The van der Waals surface area contributed by atoms with E-state index in [0.29, 0.717) is 19.8 Å². The first kappa shape index (κ1) is 44.9. The molecule has 0 N–H and O–H groups in total. The van der Waals surface area contributed by atoms with Crippen molar-refractivity contribution in [3.63, 3.8) is 0 Å². The SMILES string of the molecule is CCCCCCCCCCCCCCCCC#COCC(COCc1ccccc1)OC#CCCCCCCCCCCCCCCCC.